The van der Waals surface area contributed by atoms with Crippen molar-refractivity contribution in [1.82, 2.24) is 10.2 Å². The maximum Gasteiger partial charge on any atom is 0.223 e. The van der Waals surface area contributed by atoms with E-state index in [4.69, 9.17) is 9.47 Å². The van der Waals surface area contributed by atoms with E-state index in [1.165, 1.54) is 11.1 Å². The zero-order chi connectivity index (χ0) is 20.8. The molecule has 1 unspecified atom stereocenters. The largest absolute Gasteiger partial charge is 0.497 e. The second-order valence-electron chi connectivity index (χ2n) is 7.87. The molecule has 5 nitrogen and oxygen atoms in total. The quantitative estimate of drug-likeness (QED) is 0.765. The average Bonchev–Trinajstić information content (AvgIpc) is 2.75. The fraction of sp³-hybridized carbons (Fsp3) is 0.458. The summed E-state index contributed by atoms with van der Waals surface area (Å²) in [5.74, 6) is 1.69. The minimum absolute atomic E-state index is 0.0586. The second-order valence-corrected chi connectivity index (χ2v) is 7.87. The maximum absolute atomic E-state index is 12.8. The summed E-state index contributed by atoms with van der Waals surface area (Å²) in [5, 5.41) is 3.17. The Hall–Kier alpha value is -2.53. The first-order valence-electron chi connectivity index (χ1n) is 10.3. The molecule has 0 radical (unpaired) electrons. The summed E-state index contributed by atoms with van der Waals surface area (Å²) < 4.78 is 10.8. The van der Waals surface area contributed by atoms with Crippen molar-refractivity contribution >= 4 is 5.91 Å². The molecule has 1 fully saturated rings. The van der Waals surface area contributed by atoms with Crippen molar-refractivity contribution in [3.63, 3.8) is 0 Å². The number of aryl methyl sites for hydroxylation is 1. The summed E-state index contributed by atoms with van der Waals surface area (Å²) in [6.07, 6.45) is 1.78. The topological polar surface area (TPSA) is 50.8 Å². The molecule has 1 saturated heterocycles. The molecule has 0 aliphatic carbocycles. The number of likely N-dealkylation sites (tertiary alicyclic amines) is 1. The normalized spacial score (nSPS) is 16.3. The first kappa shape index (κ1) is 21.2. The van der Waals surface area contributed by atoms with Crippen LogP contribution in [0.15, 0.2) is 42.5 Å². The molecule has 2 aromatic rings. The smallest absolute Gasteiger partial charge is 0.223 e. The first-order valence-corrected chi connectivity index (χ1v) is 10.3. The van der Waals surface area contributed by atoms with Gasteiger partial charge in [0.15, 0.2) is 0 Å². The number of piperidine rings is 1. The molecule has 0 saturated carbocycles. The molecule has 3 rings (SSSR count). The maximum atomic E-state index is 12.8. The molecule has 1 aliphatic rings. The Morgan fingerprint density at radius 3 is 2.41 bits per heavy atom. The van der Waals surface area contributed by atoms with Crippen molar-refractivity contribution in [3.05, 3.63) is 59.2 Å². The first-order chi connectivity index (χ1) is 14.0. The molecule has 156 valence electrons. The van der Waals surface area contributed by atoms with E-state index in [1.807, 2.05) is 25.1 Å². The fourth-order valence-electron chi connectivity index (χ4n) is 3.89. The van der Waals surface area contributed by atoms with Crippen LogP contribution in [-0.2, 0) is 11.3 Å². The lowest BCUT2D eigenvalue weighted by Crippen LogP contribution is -2.40. The highest BCUT2D eigenvalue weighted by Crippen LogP contribution is 2.30. The van der Waals surface area contributed by atoms with Crippen LogP contribution in [0.5, 0.6) is 11.5 Å². The third-order valence-corrected chi connectivity index (χ3v) is 5.75. The van der Waals surface area contributed by atoms with Crippen LogP contribution >= 0.6 is 0 Å². The number of carbonyl (C=O) groups is 1. The minimum Gasteiger partial charge on any atom is -0.497 e. The van der Waals surface area contributed by atoms with E-state index < -0.39 is 0 Å². The number of amides is 1. The van der Waals surface area contributed by atoms with Crippen molar-refractivity contribution in [2.45, 2.75) is 39.3 Å². The number of nitrogens with one attached hydrogen (secondary N) is 1. The van der Waals surface area contributed by atoms with E-state index >= 15 is 0 Å². The number of hydrogen-bond acceptors (Lipinski definition) is 4. The number of rotatable bonds is 7. The summed E-state index contributed by atoms with van der Waals surface area (Å²) in [5.41, 5.74) is 3.54. The number of hydrogen-bond donors (Lipinski definition) is 1. The molecular weight excluding hydrogens is 364 g/mol. The van der Waals surface area contributed by atoms with Crippen molar-refractivity contribution < 1.29 is 14.3 Å². The minimum atomic E-state index is -0.141. The van der Waals surface area contributed by atoms with Gasteiger partial charge in [0.05, 0.1) is 20.3 Å². The third kappa shape index (κ3) is 5.51. The van der Waals surface area contributed by atoms with Crippen LogP contribution < -0.4 is 14.8 Å². The van der Waals surface area contributed by atoms with E-state index in [1.54, 1.807) is 14.2 Å². The van der Waals surface area contributed by atoms with Gasteiger partial charge in [0.1, 0.15) is 11.5 Å². The van der Waals surface area contributed by atoms with Crippen LogP contribution in [0.2, 0.25) is 0 Å². The summed E-state index contributed by atoms with van der Waals surface area (Å²) in [6.45, 7) is 6.94. The number of methoxy groups -OCH3 is 2. The molecule has 0 spiro atoms. The van der Waals surface area contributed by atoms with Crippen molar-refractivity contribution in [1.29, 1.82) is 0 Å². The number of carbonyl (C=O) groups excluding carboxylic acids is 1. The van der Waals surface area contributed by atoms with Gasteiger partial charge < -0.3 is 14.8 Å². The van der Waals surface area contributed by atoms with E-state index in [0.717, 1.165) is 49.5 Å². The summed E-state index contributed by atoms with van der Waals surface area (Å²) in [7, 11) is 3.28. The Kier molecular flexibility index (Phi) is 7.15. The SMILES string of the molecule is COc1ccc(OC)c(C(C)NC(=O)C2CCN(Cc3ccc(C)cc3)CC2)c1. The lowest BCUT2D eigenvalue weighted by Gasteiger charge is -2.32. The highest BCUT2D eigenvalue weighted by atomic mass is 16.5. The van der Waals surface area contributed by atoms with E-state index in [-0.39, 0.29) is 17.9 Å². The Balaban J connectivity index is 1.53. The van der Waals surface area contributed by atoms with Gasteiger partial charge >= 0.3 is 0 Å². The number of nitrogens with zero attached hydrogens (tertiary/aromatic N) is 1. The highest BCUT2D eigenvalue weighted by molar-refractivity contribution is 5.79. The Labute approximate surface area is 174 Å². The number of ether oxygens (including phenoxy) is 2. The van der Waals surface area contributed by atoms with Gasteiger partial charge in [-0.25, -0.2) is 0 Å². The molecule has 0 aromatic heterocycles. The fourth-order valence-corrected chi connectivity index (χ4v) is 3.89. The second kappa shape index (κ2) is 9.79. The highest BCUT2D eigenvalue weighted by Gasteiger charge is 2.26. The predicted molar refractivity (Wildman–Crippen MR) is 115 cm³/mol. The Morgan fingerprint density at radius 2 is 1.79 bits per heavy atom. The molecule has 1 N–H and O–H groups in total. The van der Waals surface area contributed by atoms with E-state index in [2.05, 4.69) is 41.4 Å². The van der Waals surface area contributed by atoms with Crippen LogP contribution in [0.1, 0.15) is 42.5 Å². The molecule has 5 heteroatoms. The van der Waals surface area contributed by atoms with Gasteiger partial charge in [-0.15, -0.1) is 0 Å². The molecule has 1 atom stereocenters. The van der Waals surface area contributed by atoms with Gasteiger partial charge in [0, 0.05) is 18.0 Å². The zero-order valence-electron chi connectivity index (χ0n) is 17.9. The molecule has 1 aliphatic heterocycles. The standard InChI is InChI=1S/C24H32N2O3/c1-17-5-7-19(8-6-17)16-26-13-11-20(12-14-26)24(27)25-18(2)22-15-21(28-3)9-10-23(22)29-4/h5-10,15,18,20H,11-14,16H2,1-4H3,(H,25,27). The lowest BCUT2D eigenvalue weighted by atomic mass is 9.94. The third-order valence-electron chi connectivity index (χ3n) is 5.75. The van der Waals surface area contributed by atoms with Gasteiger partial charge in [-0.05, 0) is 63.5 Å². The molecule has 0 bridgehead atoms. The van der Waals surface area contributed by atoms with Gasteiger partial charge in [-0.2, -0.15) is 0 Å². The number of benzene rings is 2. The summed E-state index contributed by atoms with van der Waals surface area (Å²) in [4.78, 5) is 15.3. The van der Waals surface area contributed by atoms with E-state index in [0.29, 0.717) is 0 Å². The Morgan fingerprint density at radius 1 is 1.10 bits per heavy atom. The van der Waals surface area contributed by atoms with Gasteiger partial charge in [0.25, 0.3) is 0 Å². The Bertz CT molecular complexity index is 811. The van der Waals surface area contributed by atoms with Gasteiger partial charge in [-0.1, -0.05) is 29.8 Å². The van der Waals surface area contributed by atoms with E-state index in [9.17, 15) is 4.79 Å². The van der Waals surface area contributed by atoms with Crippen molar-refractivity contribution in [2.24, 2.45) is 5.92 Å². The lowest BCUT2D eigenvalue weighted by molar-refractivity contribution is -0.127. The van der Waals surface area contributed by atoms with Crippen LogP contribution in [-0.4, -0.2) is 38.1 Å². The summed E-state index contributed by atoms with van der Waals surface area (Å²) >= 11 is 0. The van der Waals surface area contributed by atoms with Crippen LogP contribution in [0, 0.1) is 12.8 Å². The van der Waals surface area contributed by atoms with Gasteiger partial charge in [0.2, 0.25) is 5.91 Å². The average molecular weight is 397 g/mol. The van der Waals surface area contributed by atoms with Crippen LogP contribution in [0.3, 0.4) is 0 Å². The van der Waals surface area contributed by atoms with Crippen LogP contribution in [0.4, 0.5) is 0 Å². The predicted octanol–water partition coefficient (Wildman–Crippen LogP) is 4.10. The van der Waals surface area contributed by atoms with Crippen molar-refractivity contribution in [3.8, 4) is 11.5 Å². The van der Waals surface area contributed by atoms with Gasteiger partial charge in [-0.3, -0.25) is 9.69 Å². The summed E-state index contributed by atoms with van der Waals surface area (Å²) in [6, 6.07) is 14.2. The molecule has 1 heterocycles. The molecule has 29 heavy (non-hydrogen) atoms. The molecular formula is C24H32N2O3. The monoisotopic (exact) mass is 396 g/mol. The zero-order valence-corrected chi connectivity index (χ0v) is 17.9. The van der Waals surface area contributed by atoms with Crippen LogP contribution in [0.25, 0.3) is 0 Å². The van der Waals surface area contributed by atoms with Crippen molar-refractivity contribution in [2.75, 3.05) is 27.3 Å². The molecule has 1 amide bonds. The molecule has 2 aromatic carbocycles.